The number of H-pyrrole nitrogens is 1. The van der Waals surface area contributed by atoms with E-state index in [0.717, 1.165) is 0 Å². The third-order valence-electron chi connectivity index (χ3n) is 2.56. The molecule has 0 fully saturated rings. The Bertz CT molecular complexity index is 647. The largest absolute Gasteiger partial charge is 0.418 e. The number of carbonyl (C=O) groups excluding carboxylic acids is 1. The van der Waals surface area contributed by atoms with Gasteiger partial charge < -0.3 is 19.9 Å². The minimum Gasteiger partial charge on any atom is -0.406 e. The van der Waals surface area contributed by atoms with E-state index < -0.39 is 18.0 Å². The number of hydrogen-bond donors (Lipinski definition) is 4. The van der Waals surface area contributed by atoms with Crippen molar-refractivity contribution in [3.8, 4) is 0 Å². The normalized spacial score (nSPS) is 14.3. The summed E-state index contributed by atoms with van der Waals surface area (Å²) in [5.74, 6) is -0.954. The fraction of sp³-hybridized carbons (Fsp3) is 0.364. The first-order chi connectivity index (χ1) is 8.97. The molecule has 2 aromatic rings. The first kappa shape index (κ1) is 13.2. The van der Waals surface area contributed by atoms with Crippen molar-refractivity contribution in [3.05, 3.63) is 28.4 Å². The molecular weight excluding hydrogens is 254 g/mol. The number of amides is 1. The van der Waals surface area contributed by atoms with Crippen LogP contribution in [0.2, 0.25) is 0 Å². The summed E-state index contributed by atoms with van der Waals surface area (Å²) in [6, 6.07) is 1.40. The van der Waals surface area contributed by atoms with Crippen LogP contribution >= 0.6 is 0 Å². The molecule has 0 saturated carbocycles. The first-order valence-electron chi connectivity index (χ1n) is 5.56. The Morgan fingerprint density at radius 2 is 2.32 bits per heavy atom. The fourth-order valence-corrected chi connectivity index (χ4v) is 1.60. The van der Waals surface area contributed by atoms with Gasteiger partial charge in [0.05, 0.1) is 0 Å². The van der Waals surface area contributed by atoms with E-state index in [4.69, 9.17) is 4.42 Å². The number of pyridine rings is 1. The SMILES string of the molecule is CC(=O)NCC(O)C(O)c1cnc2[nH]c(=O)oc2c1. The van der Waals surface area contributed by atoms with Crippen LogP contribution in [-0.4, -0.2) is 38.7 Å². The quantitative estimate of drug-likeness (QED) is 0.565. The Balaban J connectivity index is 2.18. The van der Waals surface area contributed by atoms with E-state index in [1.54, 1.807) is 0 Å². The van der Waals surface area contributed by atoms with Gasteiger partial charge in [-0.05, 0) is 6.07 Å². The van der Waals surface area contributed by atoms with E-state index in [1.807, 2.05) is 0 Å². The molecule has 8 heteroatoms. The second-order valence-electron chi connectivity index (χ2n) is 4.08. The molecule has 2 atom stereocenters. The maximum atomic E-state index is 11.0. The third kappa shape index (κ3) is 2.98. The van der Waals surface area contributed by atoms with Crippen LogP contribution in [0.25, 0.3) is 11.2 Å². The van der Waals surface area contributed by atoms with Crippen molar-refractivity contribution >= 4 is 17.1 Å². The number of carbonyl (C=O) groups is 1. The maximum absolute atomic E-state index is 11.0. The number of oxazole rings is 1. The van der Waals surface area contributed by atoms with E-state index in [9.17, 15) is 19.8 Å². The fourth-order valence-electron chi connectivity index (χ4n) is 1.60. The number of hydrogen-bond acceptors (Lipinski definition) is 6. The Morgan fingerprint density at radius 1 is 1.58 bits per heavy atom. The minimum absolute atomic E-state index is 0.0916. The van der Waals surface area contributed by atoms with Crippen LogP contribution < -0.4 is 11.1 Å². The molecule has 2 rings (SSSR count). The molecule has 0 radical (unpaired) electrons. The summed E-state index contributed by atoms with van der Waals surface area (Å²) in [6.45, 7) is 1.22. The van der Waals surface area contributed by atoms with Crippen LogP contribution in [0.4, 0.5) is 0 Å². The van der Waals surface area contributed by atoms with Gasteiger partial charge in [0.25, 0.3) is 0 Å². The van der Waals surface area contributed by atoms with Gasteiger partial charge in [0, 0.05) is 25.2 Å². The predicted molar refractivity (Wildman–Crippen MR) is 64.3 cm³/mol. The molecule has 0 spiro atoms. The van der Waals surface area contributed by atoms with E-state index in [2.05, 4.69) is 15.3 Å². The lowest BCUT2D eigenvalue weighted by Crippen LogP contribution is -2.34. The molecule has 0 aromatic carbocycles. The Labute approximate surface area is 107 Å². The Kier molecular flexibility index (Phi) is 3.63. The zero-order valence-electron chi connectivity index (χ0n) is 10.1. The number of aromatic nitrogens is 2. The average Bonchev–Trinajstić information content (AvgIpc) is 2.73. The monoisotopic (exact) mass is 267 g/mol. The van der Waals surface area contributed by atoms with E-state index in [-0.39, 0.29) is 29.2 Å². The summed E-state index contributed by atoms with van der Waals surface area (Å²) >= 11 is 0. The molecular formula is C11H13N3O5. The minimum atomic E-state index is -1.25. The van der Waals surface area contributed by atoms with E-state index in [0.29, 0.717) is 0 Å². The standard InChI is InChI=1S/C11H13N3O5/c1-5(15)12-4-7(16)9(17)6-2-8-10(13-3-6)14-11(18)19-8/h2-3,7,9,16-17H,4H2,1H3,(H,12,15)(H,13,14,18). The molecule has 0 aliphatic rings. The number of fused-ring (bicyclic) bond motifs is 1. The molecule has 0 bridgehead atoms. The number of nitrogens with zero attached hydrogens (tertiary/aromatic N) is 1. The zero-order chi connectivity index (χ0) is 14.0. The highest BCUT2D eigenvalue weighted by Gasteiger charge is 2.20. The smallest absolute Gasteiger partial charge is 0.406 e. The number of nitrogens with one attached hydrogen (secondary N) is 2. The molecule has 4 N–H and O–H groups in total. The van der Waals surface area contributed by atoms with Gasteiger partial charge in [0.2, 0.25) is 5.91 Å². The van der Waals surface area contributed by atoms with Crippen molar-refractivity contribution in [3.63, 3.8) is 0 Å². The molecule has 2 aromatic heterocycles. The van der Waals surface area contributed by atoms with Crippen LogP contribution in [0, 0.1) is 0 Å². The van der Waals surface area contributed by atoms with Gasteiger partial charge >= 0.3 is 5.76 Å². The van der Waals surface area contributed by atoms with Crippen LogP contribution in [0.1, 0.15) is 18.6 Å². The predicted octanol–water partition coefficient (Wildman–Crippen LogP) is -0.954. The van der Waals surface area contributed by atoms with Crippen molar-refractivity contribution in [1.29, 1.82) is 0 Å². The average molecular weight is 267 g/mol. The van der Waals surface area contributed by atoms with E-state index in [1.165, 1.54) is 19.2 Å². The summed E-state index contributed by atoms with van der Waals surface area (Å²) in [4.78, 5) is 27.9. The second-order valence-corrected chi connectivity index (χ2v) is 4.08. The zero-order valence-corrected chi connectivity index (χ0v) is 10.1. The van der Waals surface area contributed by atoms with Crippen LogP contribution in [0.15, 0.2) is 21.5 Å². The number of aliphatic hydroxyl groups is 2. The molecule has 2 heterocycles. The van der Waals surface area contributed by atoms with Crippen molar-refractivity contribution in [2.24, 2.45) is 0 Å². The number of aliphatic hydroxyl groups excluding tert-OH is 2. The van der Waals surface area contributed by atoms with Crippen molar-refractivity contribution < 1.29 is 19.4 Å². The summed E-state index contributed by atoms with van der Waals surface area (Å²) in [5, 5.41) is 22.0. The Hall–Kier alpha value is -2.19. The first-order valence-corrected chi connectivity index (χ1v) is 5.56. The maximum Gasteiger partial charge on any atom is 0.418 e. The molecule has 1 amide bonds. The van der Waals surface area contributed by atoms with Crippen molar-refractivity contribution in [2.75, 3.05) is 6.54 Å². The summed E-state index contributed by atoms with van der Waals surface area (Å²) < 4.78 is 4.80. The van der Waals surface area contributed by atoms with Gasteiger partial charge in [-0.3, -0.25) is 9.78 Å². The molecule has 0 saturated heterocycles. The van der Waals surface area contributed by atoms with E-state index >= 15 is 0 Å². The van der Waals surface area contributed by atoms with Gasteiger partial charge in [0.15, 0.2) is 11.2 Å². The third-order valence-corrected chi connectivity index (χ3v) is 2.56. The van der Waals surface area contributed by atoms with Gasteiger partial charge in [-0.1, -0.05) is 0 Å². The summed E-state index contributed by atoms with van der Waals surface area (Å²) in [6.07, 6.45) is -1.12. The van der Waals surface area contributed by atoms with Gasteiger partial charge in [0.1, 0.15) is 12.2 Å². The Morgan fingerprint density at radius 3 is 3.00 bits per heavy atom. The van der Waals surface area contributed by atoms with Crippen molar-refractivity contribution in [2.45, 2.75) is 19.1 Å². The van der Waals surface area contributed by atoms with Gasteiger partial charge in [-0.25, -0.2) is 9.78 Å². The summed E-state index contributed by atoms with van der Waals surface area (Å²) in [7, 11) is 0. The molecule has 102 valence electrons. The second kappa shape index (κ2) is 5.21. The lowest BCUT2D eigenvalue weighted by molar-refractivity contribution is -0.119. The molecule has 0 aliphatic heterocycles. The van der Waals surface area contributed by atoms with Crippen LogP contribution in [0.3, 0.4) is 0 Å². The highest BCUT2D eigenvalue weighted by Crippen LogP contribution is 2.19. The number of aromatic amines is 1. The highest BCUT2D eigenvalue weighted by molar-refractivity contribution is 5.72. The summed E-state index contributed by atoms with van der Waals surface area (Å²) in [5.41, 5.74) is 0.735. The molecule has 0 aliphatic carbocycles. The highest BCUT2D eigenvalue weighted by atomic mass is 16.4. The topological polar surface area (TPSA) is 128 Å². The lowest BCUT2D eigenvalue weighted by Gasteiger charge is -2.17. The molecule has 2 unspecified atom stereocenters. The molecule has 8 nitrogen and oxygen atoms in total. The molecule has 19 heavy (non-hydrogen) atoms. The van der Waals surface area contributed by atoms with Gasteiger partial charge in [-0.2, -0.15) is 0 Å². The lowest BCUT2D eigenvalue weighted by atomic mass is 10.1. The van der Waals surface area contributed by atoms with Gasteiger partial charge in [-0.15, -0.1) is 0 Å². The number of rotatable bonds is 4. The van der Waals surface area contributed by atoms with Crippen molar-refractivity contribution in [1.82, 2.24) is 15.3 Å². The van der Waals surface area contributed by atoms with Crippen LogP contribution in [0.5, 0.6) is 0 Å². The van der Waals surface area contributed by atoms with Crippen LogP contribution in [-0.2, 0) is 4.79 Å².